The minimum Gasteiger partial charge on any atom is -0.658 e. The standard InChI is InChI=1S/C6H14N.Pt/c1-5(2)7-6(3)4;/h5-6H,1-4H3;/q-1;+2. The van der Waals surface area contributed by atoms with Gasteiger partial charge in [-0.2, -0.15) is 0 Å². The molecular weight excluding hydrogens is 281 g/mol. The van der Waals surface area contributed by atoms with Crippen LogP contribution in [0.1, 0.15) is 27.7 Å². The molecule has 0 aromatic rings. The van der Waals surface area contributed by atoms with Crippen LogP contribution in [0.3, 0.4) is 0 Å². The zero-order chi connectivity index (χ0) is 5.86. The molecule has 0 saturated carbocycles. The Labute approximate surface area is 66.5 Å². The van der Waals surface area contributed by atoms with Gasteiger partial charge in [0.25, 0.3) is 0 Å². The van der Waals surface area contributed by atoms with Gasteiger partial charge < -0.3 is 5.32 Å². The van der Waals surface area contributed by atoms with E-state index in [0.717, 1.165) is 0 Å². The Kier molecular flexibility index (Phi) is 8.27. The second-order valence-electron chi connectivity index (χ2n) is 2.34. The van der Waals surface area contributed by atoms with Crippen LogP contribution in [0.4, 0.5) is 0 Å². The number of rotatable bonds is 2. The fraction of sp³-hybridized carbons (Fsp3) is 1.00. The molecule has 0 radical (unpaired) electrons. The Morgan fingerprint density at radius 1 is 0.875 bits per heavy atom. The van der Waals surface area contributed by atoms with Gasteiger partial charge in [0, 0.05) is 0 Å². The molecule has 0 N–H and O–H groups in total. The number of hydrogen-bond donors (Lipinski definition) is 0. The van der Waals surface area contributed by atoms with Gasteiger partial charge >= 0.3 is 21.1 Å². The molecule has 0 saturated heterocycles. The molecule has 0 spiro atoms. The molecule has 0 aliphatic rings. The molecule has 52 valence electrons. The first-order valence-electron chi connectivity index (χ1n) is 2.83. The largest absolute Gasteiger partial charge is 2.00 e. The molecule has 0 amide bonds. The Morgan fingerprint density at radius 3 is 1.12 bits per heavy atom. The smallest absolute Gasteiger partial charge is 0.658 e. The summed E-state index contributed by atoms with van der Waals surface area (Å²) in [6.07, 6.45) is 0. The van der Waals surface area contributed by atoms with Gasteiger partial charge in [-0.25, -0.2) is 0 Å². The third kappa shape index (κ3) is 9.82. The molecule has 8 heavy (non-hydrogen) atoms. The fourth-order valence-corrected chi connectivity index (χ4v) is 0.596. The van der Waals surface area contributed by atoms with Gasteiger partial charge in [0.2, 0.25) is 0 Å². The molecule has 0 aromatic carbocycles. The second kappa shape index (κ2) is 5.78. The third-order valence-electron chi connectivity index (χ3n) is 0.596. The normalized spacial score (nSPS) is 9.75. The zero-order valence-corrected chi connectivity index (χ0v) is 8.19. The first kappa shape index (κ1) is 11.4. The first-order valence-corrected chi connectivity index (χ1v) is 2.83. The van der Waals surface area contributed by atoms with Gasteiger partial charge in [0.1, 0.15) is 0 Å². The maximum atomic E-state index is 4.28. The minimum atomic E-state index is 0. The quantitative estimate of drug-likeness (QED) is 0.741. The van der Waals surface area contributed by atoms with Gasteiger partial charge in [-0.05, 0) is 0 Å². The Balaban J connectivity index is 0. The van der Waals surface area contributed by atoms with E-state index in [1.807, 2.05) is 0 Å². The topological polar surface area (TPSA) is 14.1 Å². The Morgan fingerprint density at radius 2 is 1.12 bits per heavy atom. The number of hydrogen-bond acceptors (Lipinski definition) is 0. The van der Waals surface area contributed by atoms with Gasteiger partial charge in [-0.3, -0.25) is 0 Å². The Bertz CT molecular complexity index is 37.8. The Hall–Kier alpha value is 0.648. The van der Waals surface area contributed by atoms with Gasteiger partial charge in [0.15, 0.2) is 0 Å². The molecule has 0 aliphatic heterocycles. The van der Waals surface area contributed by atoms with Crippen LogP contribution >= 0.6 is 0 Å². The molecule has 0 aromatic heterocycles. The van der Waals surface area contributed by atoms with E-state index in [9.17, 15) is 0 Å². The molecule has 1 nitrogen and oxygen atoms in total. The van der Waals surface area contributed by atoms with E-state index in [1.54, 1.807) is 0 Å². The molecule has 2 heteroatoms. The first-order chi connectivity index (χ1) is 3.13. The molecule has 0 rings (SSSR count). The molecule has 0 unspecified atom stereocenters. The summed E-state index contributed by atoms with van der Waals surface area (Å²) in [6, 6.07) is 1.000. The van der Waals surface area contributed by atoms with Crippen LogP contribution in [0.25, 0.3) is 5.32 Å². The summed E-state index contributed by atoms with van der Waals surface area (Å²) in [5.41, 5.74) is 0. The van der Waals surface area contributed by atoms with Crippen molar-refractivity contribution in [2.45, 2.75) is 39.8 Å². The van der Waals surface area contributed by atoms with Crippen molar-refractivity contribution in [3.05, 3.63) is 5.32 Å². The van der Waals surface area contributed by atoms with Crippen molar-refractivity contribution < 1.29 is 21.1 Å². The van der Waals surface area contributed by atoms with Crippen molar-refractivity contribution >= 4 is 0 Å². The summed E-state index contributed by atoms with van der Waals surface area (Å²) in [5, 5.41) is 4.28. The van der Waals surface area contributed by atoms with E-state index in [2.05, 4.69) is 33.0 Å². The predicted octanol–water partition coefficient (Wildman–Crippen LogP) is 2.17. The monoisotopic (exact) mass is 295 g/mol. The van der Waals surface area contributed by atoms with Crippen molar-refractivity contribution in [1.29, 1.82) is 0 Å². The van der Waals surface area contributed by atoms with Crippen molar-refractivity contribution in [1.82, 2.24) is 0 Å². The molecule has 0 bridgehead atoms. The maximum absolute atomic E-state index is 4.28. The molecule has 0 fully saturated rings. The molecule has 0 atom stereocenters. The average Bonchev–Trinajstić information content (AvgIpc) is 1.27. The predicted molar refractivity (Wildman–Crippen MR) is 33.6 cm³/mol. The minimum absolute atomic E-state index is 0. The van der Waals surface area contributed by atoms with E-state index < -0.39 is 0 Å². The summed E-state index contributed by atoms with van der Waals surface area (Å²) < 4.78 is 0. The summed E-state index contributed by atoms with van der Waals surface area (Å²) >= 11 is 0. The number of nitrogens with zero attached hydrogens (tertiary/aromatic N) is 1. The molecular formula is C6H14NPt+. The van der Waals surface area contributed by atoms with Gasteiger partial charge in [-0.1, -0.05) is 27.7 Å². The van der Waals surface area contributed by atoms with Crippen LogP contribution in [-0.2, 0) is 21.1 Å². The van der Waals surface area contributed by atoms with E-state index in [0.29, 0.717) is 12.1 Å². The average molecular weight is 295 g/mol. The van der Waals surface area contributed by atoms with E-state index >= 15 is 0 Å². The third-order valence-corrected chi connectivity index (χ3v) is 0.596. The second-order valence-corrected chi connectivity index (χ2v) is 2.34. The molecule has 0 heterocycles. The van der Waals surface area contributed by atoms with Crippen LogP contribution in [0, 0.1) is 0 Å². The van der Waals surface area contributed by atoms with Crippen molar-refractivity contribution in [3.63, 3.8) is 0 Å². The molecule has 0 aliphatic carbocycles. The summed E-state index contributed by atoms with van der Waals surface area (Å²) in [7, 11) is 0. The maximum Gasteiger partial charge on any atom is 2.00 e. The van der Waals surface area contributed by atoms with Crippen LogP contribution in [0.5, 0.6) is 0 Å². The van der Waals surface area contributed by atoms with E-state index in [-0.39, 0.29) is 21.1 Å². The van der Waals surface area contributed by atoms with Crippen LogP contribution in [0.2, 0.25) is 0 Å². The van der Waals surface area contributed by atoms with Crippen molar-refractivity contribution in [2.24, 2.45) is 0 Å². The summed E-state index contributed by atoms with van der Waals surface area (Å²) in [5.74, 6) is 0. The fourth-order valence-electron chi connectivity index (χ4n) is 0.596. The van der Waals surface area contributed by atoms with Crippen molar-refractivity contribution in [3.8, 4) is 0 Å². The zero-order valence-electron chi connectivity index (χ0n) is 5.92. The van der Waals surface area contributed by atoms with E-state index in [1.165, 1.54) is 0 Å². The SMILES string of the molecule is CC(C)[N-]C(C)C.[Pt+2]. The van der Waals surface area contributed by atoms with Crippen molar-refractivity contribution in [2.75, 3.05) is 0 Å². The van der Waals surface area contributed by atoms with Gasteiger partial charge in [0.05, 0.1) is 0 Å². The van der Waals surface area contributed by atoms with Gasteiger partial charge in [-0.15, -0.1) is 12.1 Å². The van der Waals surface area contributed by atoms with E-state index in [4.69, 9.17) is 0 Å². The van der Waals surface area contributed by atoms with Crippen LogP contribution in [0.15, 0.2) is 0 Å². The van der Waals surface area contributed by atoms with Crippen LogP contribution in [-0.4, -0.2) is 12.1 Å². The summed E-state index contributed by atoms with van der Waals surface area (Å²) in [4.78, 5) is 0. The van der Waals surface area contributed by atoms with Crippen LogP contribution < -0.4 is 0 Å². The summed E-state index contributed by atoms with van der Waals surface area (Å²) in [6.45, 7) is 8.39.